The van der Waals surface area contributed by atoms with E-state index in [1.807, 2.05) is 16.5 Å². The Balaban J connectivity index is 2.45. The average molecular weight is 331 g/mol. The Bertz CT molecular complexity index is 582. The lowest BCUT2D eigenvalue weighted by atomic mass is 9.73. The highest BCUT2D eigenvalue weighted by molar-refractivity contribution is 6.14. The highest BCUT2D eigenvalue weighted by atomic mass is 27.1. The number of hydrogen-bond acceptors (Lipinski definition) is 2. The Kier molecular flexibility index (Phi) is 5.03. The molecule has 1 aliphatic rings. The van der Waals surface area contributed by atoms with Crippen LogP contribution in [0.2, 0.25) is 0 Å². The first-order valence-electron chi connectivity index (χ1n) is 6.71. The smallest absolute Gasteiger partial charge is 0.310 e. The zero-order valence-corrected chi connectivity index (χ0v) is 13.0. The molecule has 0 aromatic heterocycles. The third-order valence-electron chi connectivity index (χ3n) is 3.99. The quantitative estimate of drug-likeness (QED) is 0.683. The molecule has 0 saturated heterocycles. The van der Waals surface area contributed by atoms with Crippen LogP contribution in [0.1, 0.15) is 30.7 Å². The van der Waals surface area contributed by atoms with Crippen molar-refractivity contribution in [2.45, 2.75) is 31.1 Å². The lowest BCUT2D eigenvalue weighted by Gasteiger charge is -2.36. The van der Waals surface area contributed by atoms with Gasteiger partial charge in [-0.2, -0.15) is 4.39 Å². The average Bonchev–Trinajstić information content (AvgIpc) is 2.48. The van der Waals surface area contributed by atoms with Crippen LogP contribution in [-0.2, 0) is 4.79 Å². The van der Waals surface area contributed by atoms with Crippen molar-refractivity contribution in [1.29, 1.82) is 0 Å². The Morgan fingerprint density at radius 2 is 2.09 bits per heavy atom. The van der Waals surface area contributed by atoms with Gasteiger partial charge in [-0.25, -0.2) is 13.2 Å². The number of methoxy groups -OCH3 is 1. The zero-order valence-electron chi connectivity index (χ0n) is 11.8. The Labute approximate surface area is 133 Å². The summed E-state index contributed by atoms with van der Waals surface area (Å²) < 4.78 is 61.5. The molecule has 2 radical (unpaired) electrons. The van der Waals surface area contributed by atoms with Crippen LogP contribution in [0, 0.1) is 17.6 Å². The molecule has 1 fully saturated rings. The van der Waals surface area contributed by atoms with Crippen LogP contribution in [0.15, 0.2) is 12.1 Å². The summed E-state index contributed by atoms with van der Waals surface area (Å²) in [6, 6.07) is 2.20. The van der Waals surface area contributed by atoms with E-state index in [1.54, 1.807) is 0 Å². The normalized spacial score (nSPS) is 23.9. The van der Waals surface area contributed by atoms with Crippen molar-refractivity contribution < 1.29 is 27.1 Å². The predicted molar refractivity (Wildman–Crippen MR) is 71.8 cm³/mol. The summed E-state index contributed by atoms with van der Waals surface area (Å²) in [5, 5.41) is 0. The number of amides is 1. The molecule has 1 aromatic carbocycles. The van der Waals surface area contributed by atoms with Crippen LogP contribution < -0.4 is 9.04 Å². The molecule has 22 heavy (non-hydrogen) atoms. The maximum absolute atomic E-state index is 13.8. The van der Waals surface area contributed by atoms with Crippen molar-refractivity contribution in [2.24, 2.45) is 5.92 Å². The lowest BCUT2D eigenvalue weighted by Crippen LogP contribution is -2.40. The van der Waals surface area contributed by atoms with Crippen molar-refractivity contribution in [3.63, 3.8) is 0 Å². The first-order valence-corrected chi connectivity index (χ1v) is 7.28. The first kappa shape index (κ1) is 17.1. The zero-order chi connectivity index (χ0) is 16.5. The van der Waals surface area contributed by atoms with Gasteiger partial charge in [0, 0.05) is 24.3 Å². The third kappa shape index (κ3) is 3.23. The van der Waals surface area contributed by atoms with Gasteiger partial charge in [-0.1, -0.05) is 6.07 Å². The molecule has 3 nitrogen and oxygen atoms in total. The van der Waals surface area contributed by atoms with Gasteiger partial charge < -0.3 is 9.04 Å². The van der Waals surface area contributed by atoms with Gasteiger partial charge in [0.25, 0.3) is 0 Å². The summed E-state index contributed by atoms with van der Waals surface area (Å²) >= 11 is 1.97. The molecule has 0 aliphatic heterocycles. The van der Waals surface area contributed by atoms with E-state index in [2.05, 4.69) is 4.30 Å². The molecule has 2 atom stereocenters. The van der Waals surface area contributed by atoms with E-state index in [0.29, 0.717) is 0 Å². The molecule has 1 saturated carbocycles. The van der Waals surface area contributed by atoms with Crippen molar-refractivity contribution in [3.8, 4) is 5.75 Å². The van der Waals surface area contributed by atoms with Crippen LogP contribution in [0.3, 0.4) is 0 Å². The second kappa shape index (κ2) is 6.47. The number of carbonyl (C=O) groups excluding carboxylic acids is 1. The highest BCUT2D eigenvalue weighted by Gasteiger charge is 2.45. The van der Waals surface area contributed by atoms with Gasteiger partial charge >= 0.3 is 16.5 Å². The predicted octanol–water partition coefficient (Wildman–Crippen LogP) is 2.69. The summed E-state index contributed by atoms with van der Waals surface area (Å²) in [6.45, 7) is 0. The number of alkyl halides is 2. The van der Waals surface area contributed by atoms with Gasteiger partial charge in [0.1, 0.15) is 0 Å². The van der Waals surface area contributed by atoms with Gasteiger partial charge in [0.2, 0.25) is 11.7 Å². The fourth-order valence-corrected chi connectivity index (χ4v) is 3.15. The molecule has 1 amide bonds. The van der Waals surface area contributed by atoms with Gasteiger partial charge in [-0.05, 0) is 18.4 Å². The second-order valence-corrected chi connectivity index (χ2v) is 5.59. The monoisotopic (exact) mass is 331 g/mol. The molecule has 1 unspecified atom stereocenters. The minimum atomic E-state index is -2.95. The number of carbonyl (C=O) groups is 1. The van der Waals surface area contributed by atoms with E-state index < -0.39 is 48.1 Å². The van der Waals surface area contributed by atoms with Gasteiger partial charge in [-0.3, -0.25) is 4.79 Å². The van der Waals surface area contributed by atoms with E-state index >= 15 is 0 Å². The second-order valence-electron chi connectivity index (χ2n) is 5.30. The standard InChI is InChI=1S/C14H15F4NO2.Al/c1-21-12-8(2-3-10(15)11(12)16)7-4-5-14(17,18)6-9(7)13(19)20;/h2-3,7,9H,4-6H2,1H3,(H2,19,20);/q;+1/p-1/t7-,9?;/m0./s1. The van der Waals surface area contributed by atoms with Crippen LogP contribution in [-0.4, -0.2) is 35.5 Å². The molecule has 0 spiro atoms. The van der Waals surface area contributed by atoms with Crippen LogP contribution >= 0.6 is 0 Å². The minimum absolute atomic E-state index is 0.0167. The summed E-state index contributed by atoms with van der Waals surface area (Å²) in [6.07, 6.45) is -1.07. The van der Waals surface area contributed by atoms with Crippen molar-refractivity contribution in [3.05, 3.63) is 29.3 Å². The van der Waals surface area contributed by atoms with Gasteiger partial charge in [0.15, 0.2) is 17.5 Å². The van der Waals surface area contributed by atoms with E-state index in [0.717, 1.165) is 6.07 Å². The van der Waals surface area contributed by atoms with Crippen molar-refractivity contribution >= 4 is 22.4 Å². The molecule has 8 heteroatoms. The summed E-state index contributed by atoms with van der Waals surface area (Å²) in [5.74, 6) is -7.84. The molecule has 1 aromatic rings. The van der Waals surface area contributed by atoms with Crippen LogP contribution in [0.5, 0.6) is 5.75 Å². The topological polar surface area (TPSA) is 38.3 Å². The van der Waals surface area contributed by atoms with E-state index in [4.69, 9.17) is 4.74 Å². The lowest BCUT2D eigenvalue weighted by molar-refractivity contribution is -0.132. The molecule has 0 heterocycles. The van der Waals surface area contributed by atoms with E-state index in [-0.39, 0.29) is 17.7 Å². The Morgan fingerprint density at radius 1 is 1.41 bits per heavy atom. The Hall–Kier alpha value is -1.26. The van der Waals surface area contributed by atoms with Crippen LogP contribution in [0.4, 0.5) is 17.6 Å². The largest absolute Gasteiger partial charge is 0.493 e. The van der Waals surface area contributed by atoms with Crippen LogP contribution in [0.25, 0.3) is 0 Å². The third-order valence-corrected chi connectivity index (χ3v) is 4.27. The number of ether oxygens (including phenoxy) is 1. The molecule has 1 aliphatic carbocycles. The summed E-state index contributed by atoms with van der Waals surface area (Å²) in [5.41, 5.74) is 0.232. The maximum atomic E-state index is 13.8. The SMILES string of the molecule is COc1c([C@@H]2CCC(F)(F)CC2C(=O)[NH][Al])ccc(F)c1F. The molecular formula is C14H14AlF4NO2. The number of nitrogens with one attached hydrogen (secondary N) is 1. The fourth-order valence-electron chi connectivity index (χ4n) is 2.94. The van der Waals surface area contributed by atoms with E-state index in [9.17, 15) is 22.4 Å². The minimum Gasteiger partial charge on any atom is -0.493 e. The Morgan fingerprint density at radius 3 is 2.68 bits per heavy atom. The molecule has 0 bridgehead atoms. The number of benzene rings is 1. The van der Waals surface area contributed by atoms with Gasteiger partial charge in [0.05, 0.1) is 7.11 Å². The van der Waals surface area contributed by atoms with Crippen molar-refractivity contribution in [2.75, 3.05) is 7.11 Å². The van der Waals surface area contributed by atoms with Crippen molar-refractivity contribution in [1.82, 2.24) is 4.30 Å². The van der Waals surface area contributed by atoms with Gasteiger partial charge in [-0.15, -0.1) is 0 Å². The summed E-state index contributed by atoms with van der Waals surface area (Å²) in [7, 11) is 1.17. The fraction of sp³-hybridized carbons (Fsp3) is 0.500. The number of halogens is 4. The summed E-state index contributed by atoms with van der Waals surface area (Å²) in [4.78, 5) is 11.9. The highest BCUT2D eigenvalue weighted by Crippen LogP contribution is 2.47. The first-order chi connectivity index (χ1) is 10.3. The number of rotatable bonds is 3. The maximum Gasteiger partial charge on any atom is 0.310 e. The molecule has 2 rings (SSSR count). The van der Waals surface area contributed by atoms with E-state index in [1.165, 1.54) is 13.2 Å². The molecule has 118 valence electrons. The number of hydrogen-bond donors (Lipinski definition) is 1. The molecule has 1 N–H and O–H groups in total. The molecular weight excluding hydrogens is 317 g/mol.